The van der Waals surface area contributed by atoms with E-state index in [0.717, 1.165) is 12.1 Å². The van der Waals surface area contributed by atoms with Crippen LogP contribution in [-0.4, -0.2) is 20.9 Å². The highest BCUT2D eigenvalue weighted by atomic mass is 35.5. The van der Waals surface area contributed by atoms with E-state index in [1.165, 1.54) is 24.3 Å². The number of carbonyl (C=O) groups is 1. The first-order valence-corrected chi connectivity index (χ1v) is 8.14. The summed E-state index contributed by atoms with van der Waals surface area (Å²) in [5.74, 6) is -2.55. The summed E-state index contributed by atoms with van der Waals surface area (Å²) in [5, 5.41) is 2.51. The Hall–Kier alpha value is -2.03. The number of nitrogens with one attached hydrogen (secondary N) is 2. The fourth-order valence-electron chi connectivity index (χ4n) is 1.64. The molecular weight excluding hydrogens is 350 g/mol. The minimum atomic E-state index is -3.90. The van der Waals surface area contributed by atoms with Gasteiger partial charge in [0.05, 0.1) is 17.1 Å². The van der Waals surface area contributed by atoms with Gasteiger partial charge in [0, 0.05) is 11.1 Å². The van der Waals surface area contributed by atoms with Crippen LogP contribution in [0.15, 0.2) is 47.4 Å². The molecule has 0 unspecified atom stereocenters. The van der Waals surface area contributed by atoms with E-state index in [1.54, 1.807) is 0 Å². The Morgan fingerprint density at radius 2 is 1.74 bits per heavy atom. The van der Waals surface area contributed by atoms with Crippen LogP contribution in [0.5, 0.6) is 0 Å². The van der Waals surface area contributed by atoms with Crippen LogP contribution in [0.3, 0.4) is 0 Å². The van der Waals surface area contributed by atoms with Gasteiger partial charge in [-0.1, -0.05) is 11.6 Å². The molecule has 1 amide bonds. The molecule has 0 heterocycles. The number of anilines is 1. The summed E-state index contributed by atoms with van der Waals surface area (Å²) in [6.45, 7) is -0.609. The summed E-state index contributed by atoms with van der Waals surface area (Å²) < 4.78 is 52.1. The van der Waals surface area contributed by atoms with E-state index in [2.05, 4.69) is 10.0 Å². The van der Waals surface area contributed by atoms with Crippen LogP contribution in [0.2, 0.25) is 5.02 Å². The average Bonchev–Trinajstić information content (AvgIpc) is 2.49. The Kier molecular flexibility index (Phi) is 5.30. The summed E-state index contributed by atoms with van der Waals surface area (Å²) >= 11 is 5.66. The average molecular weight is 361 g/mol. The van der Waals surface area contributed by atoms with Crippen LogP contribution >= 0.6 is 11.6 Å². The summed E-state index contributed by atoms with van der Waals surface area (Å²) in [5.41, 5.74) is -0.248. The van der Waals surface area contributed by atoms with Crippen LogP contribution in [0.25, 0.3) is 0 Å². The number of sulfonamides is 1. The van der Waals surface area contributed by atoms with Crippen molar-refractivity contribution in [1.82, 2.24) is 4.72 Å². The zero-order valence-electron chi connectivity index (χ0n) is 11.5. The van der Waals surface area contributed by atoms with Crippen LogP contribution < -0.4 is 10.0 Å². The van der Waals surface area contributed by atoms with Gasteiger partial charge >= 0.3 is 0 Å². The number of carbonyl (C=O) groups excluding carboxylic acids is 1. The first-order valence-electron chi connectivity index (χ1n) is 6.28. The van der Waals surface area contributed by atoms with E-state index in [4.69, 9.17) is 11.6 Å². The van der Waals surface area contributed by atoms with E-state index in [-0.39, 0.29) is 10.6 Å². The number of benzene rings is 2. The molecule has 0 saturated carbocycles. The van der Waals surface area contributed by atoms with Crippen molar-refractivity contribution in [3.63, 3.8) is 0 Å². The van der Waals surface area contributed by atoms with Gasteiger partial charge in [0.2, 0.25) is 15.9 Å². The molecule has 0 aliphatic heterocycles. The van der Waals surface area contributed by atoms with Crippen molar-refractivity contribution in [2.24, 2.45) is 0 Å². The lowest BCUT2D eigenvalue weighted by Crippen LogP contribution is -2.33. The molecule has 0 fully saturated rings. The Morgan fingerprint density at radius 1 is 1.09 bits per heavy atom. The van der Waals surface area contributed by atoms with Gasteiger partial charge in [0.1, 0.15) is 11.6 Å². The Morgan fingerprint density at radius 3 is 2.35 bits per heavy atom. The zero-order chi connectivity index (χ0) is 17.0. The molecule has 2 N–H and O–H groups in total. The van der Waals surface area contributed by atoms with E-state index >= 15 is 0 Å². The third-order valence-corrected chi connectivity index (χ3v) is 4.42. The molecule has 0 bridgehead atoms. The molecule has 2 rings (SSSR count). The summed E-state index contributed by atoms with van der Waals surface area (Å²) in [6.07, 6.45) is 0. The lowest BCUT2D eigenvalue weighted by Gasteiger charge is -2.08. The highest BCUT2D eigenvalue weighted by molar-refractivity contribution is 7.89. The Labute approximate surface area is 136 Å². The molecule has 2 aromatic carbocycles. The van der Waals surface area contributed by atoms with Crippen LogP contribution in [-0.2, 0) is 14.8 Å². The molecule has 0 atom stereocenters. The first kappa shape index (κ1) is 17.3. The number of hydrogen-bond acceptors (Lipinski definition) is 3. The van der Waals surface area contributed by atoms with Crippen molar-refractivity contribution < 1.29 is 22.0 Å². The third-order valence-electron chi connectivity index (χ3n) is 2.75. The highest BCUT2D eigenvalue weighted by Crippen LogP contribution is 2.15. The van der Waals surface area contributed by atoms with Crippen LogP contribution in [0.1, 0.15) is 0 Å². The Balaban J connectivity index is 1.99. The first-order chi connectivity index (χ1) is 10.8. The van der Waals surface area contributed by atoms with Crippen LogP contribution in [0, 0.1) is 11.6 Å². The smallest absolute Gasteiger partial charge is 0.241 e. The van der Waals surface area contributed by atoms with Gasteiger partial charge in [-0.05, 0) is 36.4 Å². The normalized spacial score (nSPS) is 11.3. The van der Waals surface area contributed by atoms with Crippen molar-refractivity contribution in [3.05, 3.63) is 59.1 Å². The van der Waals surface area contributed by atoms with Gasteiger partial charge in [0.25, 0.3) is 0 Å². The molecule has 0 aromatic heterocycles. The predicted octanol–water partition coefficient (Wildman–Crippen LogP) is 2.54. The van der Waals surface area contributed by atoms with E-state index in [0.29, 0.717) is 11.1 Å². The van der Waals surface area contributed by atoms with E-state index < -0.39 is 34.1 Å². The molecule has 0 aliphatic rings. The van der Waals surface area contributed by atoms with Crippen LogP contribution in [0.4, 0.5) is 14.5 Å². The maximum atomic E-state index is 13.4. The molecule has 0 spiro atoms. The fourth-order valence-corrected chi connectivity index (χ4v) is 2.75. The molecule has 2 aromatic rings. The quantitative estimate of drug-likeness (QED) is 0.860. The van der Waals surface area contributed by atoms with Gasteiger partial charge in [-0.15, -0.1) is 0 Å². The summed E-state index contributed by atoms with van der Waals surface area (Å²) in [6, 6.07) is 7.96. The molecule has 0 aliphatic carbocycles. The highest BCUT2D eigenvalue weighted by Gasteiger charge is 2.16. The number of halogens is 3. The van der Waals surface area contributed by atoms with Crippen molar-refractivity contribution in [3.8, 4) is 0 Å². The fraction of sp³-hybridized carbons (Fsp3) is 0.0714. The predicted molar refractivity (Wildman–Crippen MR) is 81.6 cm³/mol. The second kappa shape index (κ2) is 7.03. The lowest BCUT2D eigenvalue weighted by molar-refractivity contribution is -0.115. The van der Waals surface area contributed by atoms with Gasteiger partial charge in [-0.3, -0.25) is 4.79 Å². The van der Waals surface area contributed by atoms with E-state index in [9.17, 15) is 22.0 Å². The monoisotopic (exact) mass is 360 g/mol. The largest absolute Gasteiger partial charge is 0.322 e. The number of amides is 1. The van der Waals surface area contributed by atoms with Gasteiger partial charge < -0.3 is 5.32 Å². The third kappa shape index (κ3) is 4.72. The molecule has 122 valence electrons. The maximum Gasteiger partial charge on any atom is 0.241 e. The second-order valence-electron chi connectivity index (χ2n) is 4.45. The second-order valence-corrected chi connectivity index (χ2v) is 6.65. The van der Waals surface area contributed by atoms with Gasteiger partial charge in [-0.2, -0.15) is 0 Å². The minimum Gasteiger partial charge on any atom is -0.322 e. The van der Waals surface area contributed by atoms with Crippen molar-refractivity contribution in [2.75, 3.05) is 11.9 Å². The molecule has 5 nitrogen and oxygen atoms in total. The number of rotatable bonds is 5. The topological polar surface area (TPSA) is 75.3 Å². The van der Waals surface area contributed by atoms with Crippen molar-refractivity contribution >= 4 is 33.2 Å². The minimum absolute atomic E-state index is 0.0670. The standard InChI is InChI=1S/C14H11ClF2N2O3S/c15-9-1-4-11(5-2-9)23(21,22)18-8-14(20)19-13-6-3-10(16)7-12(13)17/h1-7,18H,8H2,(H,19,20). The van der Waals surface area contributed by atoms with Crippen molar-refractivity contribution in [1.29, 1.82) is 0 Å². The summed E-state index contributed by atoms with van der Waals surface area (Å²) in [4.78, 5) is 11.6. The molecule has 9 heteroatoms. The molecule has 0 radical (unpaired) electrons. The number of hydrogen-bond donors (Lipinski definition) is 2. The molecule has 23 heavy (non-hydrogen) atoms. The zero-order valence-corrected chi connectivity index (χ0v) is 13.1. The van der Waals surface area contributed by atoms with Gasteiger partial charge in [-0.25, -0.2) is 21.9 Å². The maximum absolute atomic E-state index is 13.4. The van der Waals surface area contributed by atoms with E-state index in [1.807, 2.05) is 0 Å². The Bertz CT molecular complexity index is 826. The molecule has 0 saturated heterocycles. The summed E-state index contributed by atoms with van der Waals surface area (Å²) in [7, 11) is -3.90. The SMILES string of the molecule is O=C(CNS(=O)(=O)c1ccc(Cl)cc1)Nc1ccc(F)cc1F. The molecular formula is C14H11ClF2N2O3S. The van der Waals surface area contributed by atoms with Crippen molar-refractivity contribution in [2.45, 2.75) is 4.90 Å². The lowest BCUT2D eigenvalue weighted by atomic mass is 10.3. The van der Waals surface area contributed by atoms with Gasteiger partial charge in [0.15, 0.2) is 0 Å².